The third-order valence-electron chi connectivity index (χ3n) is 4.20. The van der Waals surface area contributed by atoms with Crippen LogP contribution in [0.15, 0.2) is 43.0 Å². The van der Waals surface area contributed by atoms with Crippen LogP contribution in [0.1, 0.15) is 54.4 Å². The van der Waals surface area contributed by atoms with Gasteiger partial charge in [0, 0.05) is 0 Å². The summed E-state index contributed by atoms with van der Waals surface area (Å²) in [5.41, 5.74) is 0.691. The van der Waals surface area contributed by atoms with E-state index in [1.807, 2.05) is 0 Å². The van der Waals surface area contributed by atoms with Crippen molar-refractivity contribution in [3.8, 4) is 0 Å². The second-order valence-electron chi connectivity index (χ2n) is 7.75. The SMILES string of the molecule is C[C](C)=[Zr+2]([C]1=CCC(C)(C)C=C1)[C]1=CCC(C)(C)C=C1.[Cl-].[Cl-]. The molecule has 2 aliphatic carbocycles. The van der Waals surface area contributed by atoms with Gasteiger partial charge in [0.15, 0.2) is 0 Å². The number of hydrogen-bond donors (Lipinski definition) is 0. The molecule has 0 aromatic rings. The normalized spacial score (nSPS) is 20.6. The number of rotatable bonds is 2. The minimum absolute atomic E-state index is 0. The first-order valence-electron chi connectivity index (χ1n) is 7.67. The molecule has 2 aliphatic rings. The fourth-order valence-corrected chi connectivity index (χ4v) is 9.16. The molecule has 0 unspecified atom stereocenters. The zero-order chi connectivity index (χ0) is 15.0. The zero-order valence-electron chi connectivity index (χ0n) is 14.6. The van der Waals surface area contributed by atoms with Gasteiger partial charge >= 0.3 is 133 Å². The molecule has 122 valence electrons. The molecule has 0 bridgehead atoms. The van der Waals surface area contributed by atoms with Crippen molar-refractivity contribution in [2.75, 3.05) is 0 Å². The summed E-state index contributed by atoms with van der Waals surface area (Å²) in [6.45, 7) is 14.0. The molecule has 0 spiro atoms. The van der Waals surface area contributed by atoms with Gasteiger partial charge in [-0.15, -0.1) is 0 Å². The van der Waals surface area contributed by atoms with Crippen molar-refractivity contribution in [1.29, 1.82) is 0 Å². The minimum Gasteiger partial charge on any atom is -1.00 e. The Morgan fingerprint density at radius 2 is 1.18 bits per heavy atom. The van der Waals surface area contributed by atoms with Crippen molar-refractivity contribution in [2.24, 2.45) is 10.8 Å². The van der Waals surface area contributed by atoms with E-state index in [-0.39, 0.29) is 24.8 Å². The van der Waals surface area contributed by atoms with E-state index in [1.54, 1.807) is 9.77 Å². The van der Waals surface area contributed by atoms with Gasteiger partial charge in [0.1, 0.15) is 0 Å². The maximum atomic E-state index is 2.52. The van der Waals surface area contributed by atoms with Crippen LogP contribution in [0, 0.1) is 10.8 Å². The van der Waals surface area contributed by atoms with E-state index in [2.05, 4.69) is 78.0 Å². The van der Waals surface area contributed by atoms with Gasteiger partial charge in [-0.25, -0.2) is 0 Å². The zero-order valence-corrected chi connectivity index (χ0v) is 18.6. The van der Waals surface area contributed by atoms with Gasteiger partial charge in [-0.05, 0) is 0 Å². The Morgan fingerprint density at radius 1 is 0.818 bits per heavy atom. The van der Waals surface area contributed by atoms with E-state index in [9.17, 15) is 0 Å². The van der Waals surface area contributed by atoms with Crippen LogP contribution in [0.5, 0.6) is 0 Å². The van der Waals surface area contributed by atoms with Crippen LogP contribution in [-0.2, 0) is 21.3 Å². The van der Waals surface area contributed by atoms with Crippen LogP contribution in [-0.4, -0.2) is 3.21 Å². The van der Waals surface area contributed by atoms with Gasteiger partial charge in [-0.2, -0.15) is 0 Å². The van der Waals surface area contributed by atoms with Crippen molar-refractivity contribution in [1.82, 2.24) is 0 Å². The van der Waals surface area contributed by atoms with Crippen LogP contribution in [0.2, 0.25) is 0 Å². The molecular weight excluding hydrogens is 390 g/mol. The first-order chi connectivity index (χ1) is 9.20. The van der Waals surface area contributed by atoms with Gasteiger partial charge < -0.3 is 24.8 Å². The van der Waals surface area contributed by atoms with Crippen LogP contribution in [0.4, 0.5) is 0 Å². The topological polar surface area (TPSA) is 0 Å². The van der Waals surface area contributed by atoms with E-state index in [0.29, 0.717) is 10.8 Å². The van der Waals surface area contributed by atoms with Gasteiger partial charge in [0.2, 0.25) is 0 Å². The van der Waals surface area contributed by atoms with Gasteiger partial charge in [0.25, 0.3) is 0 Å². The number of hydrogen-bond acceptors (Lipinski definition) is 0. The molecule has 0 aliphatic heterocycles. The van der Waals surface area contributed by atoms with Gasteiger partial charge in [0.05, 0.1) is 0 Å². The second kappa shape index (κ2) is 8.41. The summed E-state index contributed by atoms with van der Waals surface area (Å²) in [5.74, 6) is 0. The molecule has 0 heterocycles. The monoisotopic (exact) mass is 416 g/mol. The molecule has 0 radical (unpaired) electrons. The summed E-state index contributed by atoms with van der Waals surface area (Å²) in [5, 5.41) is 0. The van der Waals surface area contributed by atoms with E-state index >= 15 is 0 Å². The number of halogens is 2. The maximum Gasteiger partial charge on any atom is -1.00 e. The number of allylic oxidation sites excluding steroid dienone is 8. The van der Waals surface area contributed by atoms with Crippen molar-refractivity contribution >= 4 is 3.21 Å². The largest absolute Gasteiger partial charge is 1.00 e. The summed E-state index contributed by atoms with van der Waals surface area (Å²) in [6.07, 6.45) is 17.1. The molecule has 0 nitrogen and oxygen atoms in total. The van der Waals surface area contributed by atoms with Crippen molar-refractivity contribution in [2.45, 2.75) is 54.4 Å². The van der Waals surface area contributed by atoms with Crippen LogP contribution < -0.4 is 24.8 Å². The van der Waals surface area contributed by atoms with Crippen LogP contribution in [0.3, 0.4) is 0 Å². The molecule has 0 saturated heterocycles. The second-order valence-corrected chi connectivity index (χ2v) is 14.9. The summed E-state index contributed by atoms with van der Waals surface area (Å²) in [6, 6.07) is 0. The summed E-state index contributed by atoms with van der Waals surface area (Å²) >= 11 is -1.78. The average Bonchev–Trinajstić information content (AvgIpc) is 2.33. The van der Waals surface area contributed by atoms with Gasteiger partial charge in [-0.1, -0.05) is 0 Å². The maximum absolute atomic E-state index is 2.52. The van der Waals surface area contributed by atoms with Gasteiger partial charge in [-0.3, -0.25) is 0 Å². The van der Waals surface area contributed by atoms with E-state index < -0.39 is 21.3 Å². The molecular formula is C19H28Cl2Zr. The Balaban J connectivity index is 0.00000220. The quantitative estimate of drug-likeness (QED) is 0.571. The molecule has 0 N–H and O–H groups in total. The average molecular weight is 419 g/mol. The first kappa shape index (κ1) is 22.3. The molecule has 2 rings (SSSR count). The fourth-order valence-electron chi connectivity index (χ4n) is 2.76. The Labute approximate surface area is 156 Å². The molecule has 0 aromatic carbocycles. The Kier molecular flexibility index (Phi) is 8.52. The predicted molar refractivity (Wildman–Crippen MR) is 87.6 cm³/mol. The van der Waals surface area contributed by atoms with E-state index in [0.717, 1.165) is 0 Å². The molecule has 0 atom stereocenters. The molecule has 0 amide bonds. The fraction of sp³-hybridized carbons (Fsp3) is 0.526. The third-order valence-corrected chi connectivity index (χ3v) is 11.3. The molecule has 0 saturated carbocycles. The smallest absolute Gasteiger partial charge is 1.00 e. The van der Waals surface area contributed by atoms with Crippen molar-refractivity contribution in [3.63, 3.8) is 0 Å². The van der Waals surface area contributed by atoms with E-state index in [4.69, 9.17) is 0 Å². The predicted octanol–water partition coefficient (Wildman–Crippen LogP) is -0.435. The Hall–Kier alpha value is 0.293. The molecule has 0 aromatic heterocycles. The summed E-state index contributed by atoms with van der Waals surface area (Å²) < 4.78 is 5.02. The summed E-state index contributed by atoms with van der Waals surface area (Å²) in [4.78, 5) is 0. The molecule has 0 fully saturated rings. The Morgan fingerprint density at radius 3 is 1.41 bits per heavy atom. The Bertz CT molecular complexity index is 510. The van der Waals surface area contributed by atoms with Crippen LogP contribution in [0.25, 0.3) is 0 Å². The van der Waals surface area contributed by atoms with Crippen molar-refractivity contribution < 1.29 is 46.1 Å². The first-order valence-corrected chi connectivity index (χ1v) is 11.4. The van der Waals surface area contributed by atoms with E-state index in [1.165, 1.54) is 12.8 Å². The van der Waals surface area contributed by atoms with Crippen molar-refractivity contribution in [3.05, 3.63) is 43.0 Å². The molecule has 3 heteroatoms. The third kappa shape index (κ3) is 5.73. The molecule has 22 heavy (non-hydrogen) atoms. The standard InChI is InChI=1S/2C8H11.C3H6.2ClH.Zr/c2*1-8(2)6-4-3-5-7-8;1-3-2;;;/h2*4-6H,7H2,1-2H3;1-2H3;2*1H;/q;;;;;+2/p-2. The minimum atomic E-state index is -1.78. The summed E-state index contributed by atoms with van der Waals surface area (Å²) in [7, 11) is 0. The van der Waals surface area contributed by atoms with Crippen LogP contribution >= 0.6 is 0 Å².